The molecule has 9 nitrogen and oxygen atoms in total. The largest absolute Gasteiger partial charge is 0.756 e. The first-order valence-electron chi connectivity index (χ1n) is 32.1. The molecule has 0 rings (SSSR count). The first-order chi connectivity index (χ1) is 35.9. The Hall–Kier alpha value is -1.51. The number of nitrogens with one attached hydrogen (secondary N) is 1. The van der Waals surface area contributed by atoms with Gasteiger partial charge >= 0.3 is 5.97 Å². The Kier molecular flexibility index (Phi) is 53.7. The maximum Gasteiger partial charge on any atom is 0.306 e. The Morgan fingerprint density at radius 3 is 1.15 bits per heavy atom. The van der Waals surface area contributed by atoms with Crippen molar-refractivity contribution in [1.82, 2.24) is 5.32 Å². The normalized spacial score (nSPS) is 13.8. The standard InChI is InChI=1S/C64H125N2O7P/c1-7-10-13-16-19-22-25-28-29-30-31-32-33-34-35-36-37-39-41-44-47-50-53-56-63(67)65-61(60-72-74(69,70)71-59-58-66(4,5)6)62(55-52-49-46-43-40-27-24-21-18-15-12-9-3)73-64(68)57-54-51-48-45-42-38-26-23-20-17-14-11-8-2/h28-29,52,55,61-62H,7-27,30-51,53-54,56-60H2,1-6H3,(H-,65,67,69,70)/b29-28+,55-52-. The molecule has 10 heteroatoms. The van der Waals surface area contributed by atoms with Crippen LogP contribution in [0.3, 0.4) is 0 Å². The van der Waals surface area contributed by atoms with Crippen LogP contribution >= 0.6 is 7.82 Å². The molecule has 1 amide bonds. The molecule has 0 aliphatic carbocycles. The van der Waals surface area contributed by atoms with Crippen LogP contribution in [0.4, 0.5) is 0 Å². The van der Waals surface area contributed by atoms with E-state index in [0.29, 0.717) is 17.4 Å². The van der Waals surface area contributed by atoms with Gasteiger partial charge in [0.2, 0.25) is 5.91 Å². The fourth-order valence-electron chi connectivity index (χ4n) is 9.64. The van der Waals surface area contributed by atoms with Gasteiger partial charge in [-0.25, -0.2) is 0 Å². The average Bonchev–Trinajstić information content (AvgIpc) is 3.36. The number of unbranched alkanes of at least 4 members (excludes halogenated alkanes) is 41. The van der Waals surface area contributed by atoms with Gasteiger partial charge in [0.1, 0.15) is 19.3 Å². The van der Waals surface area contributed by atoms with Gasteiger partial charge in [0.05, 0.1) is 33.8 Å². The summed E-state index contributed by atoms with van der Waals surface area (Å²) in [5.41, 5.74) is 0. The fraction of sp³-hybridized carbons (Fsp3) is 0.906. The first-order valence-corrected chi connectivity index (χ1v) is 33.6. The summed E-state index contributed by atoms with van der Waals surface area (Å²) in [6.07, 6.45) is 64.3. The molecule has 0 bridgehead atoms. The number of carbonyl (C=O) groups is 2. The second kappa shape index (κ2) is 54.8. The van der Waals surface area contributed by atoms with E-state index in [1.165, 1.54) is 231 Å². The summed E-state index contributed by atoms with van der Waals surface area (Å²) in [6, 6.07) is -0.881. The van der Waals surface area contributed by atoms with Gasteiger partial charge in [0.15, 0.2) is 0 Å². The molecule has 0 saturated carbocycles. The van der Waals surface area contributed by atoms with E-state index in [4.69, 9.17) is 13.8 Å². The predicted molar refractivity (Wildman–Crippen MR) is 317 cm³/mol. The van der Waals surface area contributed by atoms with E-state index in [0.717, 1.165) is 57.8 Å². The molecule has 74 heavy (non-hydrogen) atoms. The number of phosphoric ester groups is 1. The number of nitrogens with zero attached hydrogens (tertiary/aromatic N) is 1. The molecule has 0 aromatic rings. The highest BCUT2D eigenvalue weighted by atomic mass is 31.2. The van der Waals surface area contributed by atoms with Crippen LogP contribution in [0.1, 0.15) is 323 Å². The van der Waals surface area contributed by atoms with Crippen molar-refractivity contribution in [2.24, 2.45) is 0 Å². The van der Waals surface area contributed by atoms with Crippen molar-refractivity contribution in [3.8, 4) is 0 Å². The van der Waals surface area contributed by atoms with Gasteiger partial charge in [-0.2, -0.15) is 0 Å². The van der Waals surface area contributed by atoms with E-state index in [9.17, 15) is 19.0 Å². The summed E-state index contributed by atoms with van der Waals surface area (Å²) in [5, 5.41) is 3.04. The number of amides is 1. The van der Waals surface area contributed by atoms with Crippen LogP contribution in [-0.4, -0.2) is 69.4 Å². The highest BCUT2D eigenvalue weighted by Gasteiger charge is 2.27. The summed E-state index contributed by atoms with van der Waals surface area (Å²) in [4.78, 5) is 40.0. The van der Waals surface area contributed by atoms with Gasteiger partial charge in [-0.1, -0.05) is 277 Å². The number of rotatable bonds is 59. The van der Waals surface area contributed by atoms with E-state index in [2.05, 4.69) is 38.2 Å². The number of ether oxygens (including phenoxy) is 1. The minimum absolute atomic E-state index is 0.0184. The lowest BCUT2D eigenvalue weighted by Gasteiger charge is -2.30. The molecule has 0 radical (unpaired) electrons. The van der Waals surface area contributed by atoms with Gasteiger partial charge in [0, 0.05) is 12.8 Å². The zero-order valence-corrected chi connectivity index (χ0v) is 51.0. The lowest BCUT2D eigenvalue weighted by Crippen LogP contribution is -2.47. The molecule has 0 fully saturated rings. The number of phosphoric acid groups is 1. The van der Waals surface area contributed by atoms with Crippen LogP contribution in [0.2, 0.25) is 0 Å². The third-order valence-electron chi connectivity index (χ3n) is 14.6. The third kappa shape index (κ3) is 55.3. The van der Waals surface area contributed by atoms with Crippen molar-refractivity contribution in [3.63, 3.8) is 0 Å². The SMILES string of the molecule is CCCCCCCC/C=C/CCCCCCCCCCCCCCCC(=O)NC(COP(=O)([O-])OCC[N+](C)(C)C)C(/C=C\CCCCCCCCCCCC)OC(=O)CCCCCCCCCCCCCCC. The molecule has 0 aliphatic rings. The first kappa shape index (κ1) is 72.5. The second-order valence-electron chi connectivity index (χ2n) is 23.3. The number of hydrogen-bond donors (Lipinski definition) is 1. The van der Waals surface area contributed by atoms with E-state index in [1.807, 2.05) is 33.3 Å². The molecule has 0 aromatic carbocycles. The van der Waals surface area contributed by atoms with Crippen LogP contribution in [0.5, 0.6) is 0 Å². The zero-order valence-electron chi connectivity index (χ0n) is 50.1. The topological polar surface area (TPSA) is 114 Å². The average molecular weight is 1070 g/mol. The molecule has 3 atom stereocenters. The zero-order chi connectivity index (χ0) is 54.3. The lowest BCUT2D eigenvalue weighted by atomic mass is 10.0. The number of hydrogen-bond acceptors (Lipinski definition) is 7. The predicted octanol–water partition coefficient (Wildman–Crippen LogP) is 19.1. The molecule has 0 saturated heterocycles. The maximum absolute atomic E-state index is 13.5. The quantitative estimate of drug-likeness (QED) is 0.0212. The smallest absolute Gasteiger partial charge is 0.306 e. The van der Waals surface area contributed by atoms with Crippen LogP contribution in [0.15, 0.2) is 24.3 Å². The van der Waals surface area contributed by atoms with E-state index in [1.54, 1.807) is 0 Å². The number of carbonyl (C=O) groups excluding carboxylic acids is 2. The van der Waals surface area contributed by atoms with Crippen LogP contribution in [-0.2, 0) is 27.9 Å². The lowest BCUT2D eigenvalue weighted by molar-refractivity contribution is -0.870. The number of quaternary nitrogens is 1. The van der Waals surface area contributed by atoms with Crippen LogP contribution in [0, 0.1) is 0 Å². The molecule has 3 unspecified atom stereocenters. The minimum Gasteiger partial charge on any atom is -0.756 e. The summed E-state index contributed by atoms with van der Waals surface area (Å²) in [7, 11) is 1.20. The molecule has 0 spiro atoms. The molecule has 0 aromatic heterocycles. The minimum atomic E-state index is -4.69. The number of likely N-dealkylation sites (N-methyl/N-ethyl adjacent to an activating group) is 1. The molecule has 438 valence electrons. The Balaban J connectivity index is 5.10. The fourth-order valence-corrected chi connectivity index (χ4v) is 10.4. The summed E-state index contributed by atoms with van der Waals surface area (Å²) in [5.74, 6) is -0.524. The van der Waals surface area contributed by atoms with E-state index in [-0.39, 0.29) is 31.5 Å². The van der Waals surface area contributed by atoms with Crippen molar-refractivity contribution in [1.29, 1.82) is 0 Å². The summed E-state index contributed by atoms with van der Waals surface area (Å²) in [6.45, 7) is 6.88. The Morgan fingerprint density at radius 1 is 0.459 bits per heavy atom. The summed E-state index contributed by atoms with van der Waals surface area (Å²) >= 11 is 0. The Morgan fingerprint density at radius 2 is 0.784 bits per heavy atom. The van der Waals surface area contributed by atoms with Crippen molar-refractivity contribution in [2.75, 3.05) is 40.9 Å². The van der Waals surface area contributed by atoms with Gasteiger partial charge in [-0.15, -0.1) is 0 Å². The molecule has 0 aliphatic heterocycles. The highest BCUT2D eigenvalue weighted by Crippen LogP contribution is 2.38. The van der Waals surface area contributed by atoms with Gasteiger partial charge in [-0.3, -0.25) is 14.2 Å². The van der Waals surface area contributed by atoms with Crippen molar-refractivity contribution in [2.45, 2.75) is 335 Å². The second-order valence-corrected chi connectivity index (χ2v) is 24.7. The van der Waals surface area contributed by atoms with Crippen molar-refractivity contribution < 1.29 is 37.3 Å². The molecule has 1 N–H and O–H groups in total. The molecular weight excluding hydrogens is 940 g/mol. The van der Waals surface area contributed by atoms with E-state index >= 15 is 0 Å². The van der Waals surface area contributed by atoms with Gasteiger partial charge in [-0.05, 0) is 57.4 Å². The highest BCUT2D eigenvalue weighted by molar-refractivity contribution is 7.45. The van der Waals surface area contributed by atoms with Crippen molar-refractivity contribution in [3.05, 3.63) is 24.3 Å². The van der Waals surface area contributed by atoms with E-state index < -0.39 is 20.0 Å². The van der Waals surface area contributed by atoms with Crippen molar-refractivity contribution >= 4 is 19.7 Å². The molecular formula is C64H125N2O7P. The number of esters is 1. The Labute approximate surface area is 460 Å². The number of allylic oxidation sites excluding steroid dienone is 3. The maximum atomic E-state index is 13.5. The van der Waals surface area contributed by atoms with Gasteiger partial charge < -0.3 is 28.5 Å². The monoisotopic (exact) mass is 1060 g/mol. The van der Waals surface area contributed by atoms with Crippen LogP contribution in [0.25, 0.3) is 0 Å². The van der Waals surface area contributed by atoms with Gasteiger partial charge in [0.25, 0.3) is 7.82 Å². The molecule has 0 heterocycles. The van der Waals surface area contributed by atoms with Crippen LogP contribution < -0.4 is 10.2 Å². The third-order valence-corrected chi connectivity index (χ3v) is 15.6. The Bertz CT molecular complexity index is 1320. The summed E-state index contributed by atoms with van der Waals surface area (Å²) < 4.78 is 30.3.